The minimum absolute atomic E-state index is 0.0325. The summed E-state index contributed by atoms with van der Waals surface area (Å²) in [6.45, 7) is 1.18. The lowest BCUT2D eigenvalue weighted by Gasteiger charge is -2.21. The maximum Gasteiger partial charge on any atom is 0.335 e. The van der Waals surface area contributed by atoms with Gasteiger partial charge in [-0.25, -0.2) is 4.79 Å². The molecule has 1 amide bonds. The molecule has 1 aliphatic rings. The Morgan fingerprint density at radius 3 is 2.81 bits per heavy atom. The van der Waals surface area contributed by atoms with Crippen LogP contribution in [0.15, 0.2) is 24.3 Å². The third kappa shape index (κ3) is 4.86. The zero-order valence-corrected chi connectivity index (χ0v) is 12.0. The average molecular weight is 291 g/mol. The quantitative estimate of drug-likeness (QED) is 0.840. The van der Waals surface area contributed by atoms with Gasteiger partial charge in [-0.2, -0.15) is 0 Å². The van der Waals surface area contributed by atoms with Crippen LogP contribution in [0.3, 0.4) is 0 Å². The number of rotatable bonds is 6. The van der Waals surface area contributed by atoms with Crippen molar-refractivity contribution in [3.63, 3.8) is 0 Å². The van der Waals surface area contributed by atoms with E-state index in [1.54, 1.807) is 24.3 Å². The van der Waals surface area contributed by atoms with Gasteiger partial charge in [-0.1, -0.05) is 18.2 Å². The monoisotopic (exact) mass is 291 g/mol. The van der Waals surface area contributed by atoms with E-state index in [2.05, 4.69) is 5.32 Å². The topological polar surface area (TPSA) is 75.6 Å². The van der Waals surface area contributed by atoms with Crippen LogP contribution in [-0.4, -0.2) is 36.2 Å². The van der Waals surface area contributed by atoms with Crippen LogP contribution in [0.1, 0.15) is 41.6 Å². The molecule has 0 aliphatic carbocycles. The zero-order valence-electron chi connectivity index (χ0n) is 12.0. The number of carboxylic acids is 1. The van der Waals surface area contributed by atoms with Crippen LogP contribution in [0.5, 0.6) is 0 Å². The van der Waals surface area contributed by atoms with Crippen molar-refractivity contribution in [2.24, 2.45) is 0 Å². The van der Waals surface area contributed by atoms with E-state index in [9.17, 15) is 9.59 Å². The molecule has 0 aromatic heterocycles. The van der Waals surface area contributed by atoms with Crippen LogP contribution < -0.4 is 5.32 Å². The van der Waals surface area contributed by atoms with Crippen LogP contribution >= 0.6 is 0 Å². The predicted octanol–water partition coefficient (Wildman–Crippen LogP) is 2.00. The molecule has 0 bridgehead atoms. The standard InChI is InChI=1S/C16H21NO4/c18-15(11-13-6-3-4-10-21-13)17-9-8-12-5-1-2-7-14(12)16(19)20/h1-2,5,7,13H,3-4,6,8-11H2,(H,17,18)(H,19,20). The summed E-state index contributed by atoms with van der Waals surface area (Å²) in [4.78, 5) is 22.9. The summed E-state index contributed by atoms with van der Waals surface area (Å²) in [6.07, 6.45) is 4.06. The molecule has 1 saturated heterocycles. The summed E-state index contributed by atoms with van der Waals surface area (Å²) in [5, 5.41) is 11.9. The SMILES string of the molecule is O=C(CC1CCCCO1)NCCc1ccccc1C(=O)O. The van der Waals surface area contributed by atoms with Crippen molar-refractivity contribution < 1.29 is 19.4 Å². The first kappa shape index (κ1) is 15.5. The zero-order chi connectivity index (χ0) is 15.1. The number of ether oxygens (including phenoxy) is 1. The Labute approximate surface area is 124 Å². The van der Waals surface area contributed by atoms with Crippen molar-refractivity contribution in [3.8, 4) is 0 Å². The van der Waals surface area contributed by atoms with Crippen molar-refractivity contribution in [2.75, 3.05) is 13.2 Å². The summed E-state index contributed by atoms with van der Waals surface area (Å²) in [5.74, 6) is -0.970. The lowest BCUT2D eigenvalue weighted by molar-refractivity contribution is -0.124. The van der Waals surface area contributed by atoms with E-state index in [0.717, 1.165) is 31.4 Å². The number of carbonyl (C=O) groups excluding carboxylic acids is 1. The maximum absolute atomic E-state index is 11.8. The van der Waals surface area contributed by atoms with E-state index in [1.165, 1.54) is 0 Å². The first-order chi connectivity index (χ1) is 10.2. The normalized spacial score (nSPS) is 18.2. The summed E-state index contributed by atoms with van der Waals surface area (Å²) < 4.78 is 5.53. The summed E-state index contributed by atoms with van der Waals surface area (Å²) in [6, 6.07) is 6.86. The van der Waals surface area contributed by atoms with Gasteiger partial charge in [0.05, 0.1) is 18.1 Å². The van der Waals surface area contributed by atoms with Gasteiger partial charge >= 0.3 is 5.97 Å². The number of aromatic carboxylic acids is 1. The fourth-order valence-corrected chi connectivity index (χ4v) is 2.53. The number of hydrogen-bond donors (Lipinski definition) is 2. The third-order valence-corrected chi connectivity index (χ3v) is 3.65. The minimum atomic E-state index is -0.937. The highest BCUT2D eigenvalue weighted by molar-refractivity contribution is 5.89. The van der Waals surface area contributed by atoms with Gasteiger partial charge in [-0.15, -0.1) is 0 Å². The second kappa shape index (κ2) is 7.78. The van der Waals surface area contributed by atoms with Gasteiger partial charge in [0.2, 0.25) is 5.91 Å². The molecule has 0 saturated carbocycles. The highest BCUT2D eigenvalue weighted by Crippen LogP contribution is 2.15. The van der Waals surface area contributed by atoms with Gasteiger partial charge < -0.3 is 15.2 Å². The molecule has 1 atom stereocenters. The van der Waals surface area contributed by atoms with Gasteiger partial charge in [0, 0.05) is 13.2 Å². The molecule has 1 aromatic carbocycles. The molecule has 5 heteroatoms. The van der Waals surface area contributed by atoms with Crippen molar-refractivity contribution >= 4 is 11.9 Å². The number of nitrogens with one attached hydrogen (secondary N) is 1. The van der Waals surface area contributed by atoms with E-state index >= 15 is 0 Å². The van der Waals surface area contributed by atoms with E-state index in [1.807, 2.05) is 0 Å². The van der Waals surface area contributed by atoms with Crippen molar-refractivity contribution in [2.45, 2.75) is 38.2 Å². The molecular weight excluding hydrogens is 270 g/mol. The average Bonchev–Trinajstić information content (AvgIpc) is 2.48. The first-order valence-corrected chi connectivity index (χ1v) is 7.36. The van der Waals surface area contributed by atoms with Gasteiger partial charge in [0.1, 0.15) is 0 Å². The fourth-order valence-electron chi connectivity index (χ4n) is 2.53. The predicted molar refractivity (Wildman–Crippen MR) is 78.3 cm³/mol. The van der Waals surface area contributed by atoms with Gasteiger partial charge in [-0.05, 0) is 37.3 Å². The Hall–Kier alpha value is -1.88. The van der Waals surface area contributed by atoms with Crippen LogP contribution in [0.25, 0.3) is 0 Å². The summed E-state index contributed by atoms with van der Waals surface area (Å²) >= 11 is 0. The third-order valence-electron chi connectivity index (χ3n) is 3.65. The smallest absolute Gasteiger partial charge is 0.335 e. The molecule has 2 rings (SSSR count). The van der Waals surface area contributed by atoms with Crippen molar-refractivity contribution in [1.82, 2.24) is 5.32 Å². The van der Waals surface area contributed by atoms with E-state index in [0.29, 0.717) is 24.9 Å². The maximum atomic E-state index is 11.8. The van der Waals surface area contributed by atoms with E-state index < -0.39 is 5.97 Å². The molecule has 2 N–H and O–H groups in total. The number of carboxylic acid groups (broad SMARTS) is 1. The second-order valence-corrected chi connectivity index (χ2v) is 5.25. The van der Waals surface area contributed by atoms with E-state index in [-0.39, 0.29) is 12.0 Å². The molecule has 114 valence electrons. The highest BCUT2D eigenvalue weighted by Gasteiger charge is 2.17. The molecule has 1 aromatic rings. The Bertz CT molecular complexity index is 495. The molecule has 0 radical (unpaired) electrons. The van der Waals surface area contributed by atoms with E-state index in [4.69, 9.17) is 9.84 Å². The lowest BCUT2D eigenvalue weighted by atomic mass is 10.0. The van der Waals surface area contributed by atoms with Crippen LogP contribution in [-0.2, 0) is 16.0 Å². The van der Waals surface area contributed by atoms with Crippen molar-refractivity contribution in [3.05, 3.63) is 35.4 Å². The Kier molecular flexibility index (Phi) is 5.75. The van der Waals surface area contributed by atoms with Gasteiger partial charge in [0.25, 0.3) is 0 Å². The fraction of sp³-hybridized carbons (Fsp3) is 0.500. The van der Waals surface area contributed by atoms with Gasteiger partial charge in [-0.3, -0.25) is 4.79 Å². The lowest BCUT2D eigenvalue weighted by Crippen LogP contribution is -2.31. The first-order valence-electron chi connectivity index (χ1n) is 7.36. The number of carbonyl (C=O) groups is 2. The molecular formula is C16H21NO4. The molecule has 1 fully saturated rings. The summed E-state index contributed by atoms with van der Waals surface area (Å²) in [7, 11) is 0. The Balaban J connectivity index is 1.76. The molecule has 1 aliphatic heterocycles. The molecule has 0 spiro atoms. The van der Waals surface area contributed by atoms with Crippen molar-refractivity contribution in [1.29, 1.82) is 0 Å². The van der Waals surface area contributed by atoms with Gasteiger partial charge in [0.15, 0.2) is 0 Å². The molecule has 1 unspecified atom stereocenters. The second-order valence-electron chi connectivity index (χ2n) is 5.25. The minimum Gasteiger partial charge on any atom is -0.478 e. The van der Waals surface area contributed by atoms with Crippen LogP contribution in [0.4, 0.5) is 0 Å². The highest BCUT2D eigenvalue weighted by atomic mass is 16.5. The summed E-state index contributed by atoms with van der Waals surface area (Å²) in [5.41, 5.74) is 1.03. The van der Waals surface area contributed by atoms with Crippen LogP contribution in [0.2, 0.25) is 0 Å². The largest absolute Gasteiger partial charge is 0.478 e. The molecule has 1 heterocycles. The Morgan fingerprint density at radius 1 is 1.29 bits per heavy atom. The number of benzene rings is 1. The Morgan fingerprint density at radius 2 is 2.10 bits per heavy atom. The number of hydrogen-bond acceptors (Lipinski definition) is 3. The van der Waals surface area contributed by atoms with Crippen LogP contribution in [0, 0.1) is 0 Å². The molecule has 5 nitrogen and oxygen atoms in total. The molecule has 21 heavy (non-hydrogen) atoms. The number of amides is 1.